The van der Waals surface area contributed by atoms with Gasteiger partial charge in [0.05, 0.1) is 4.88 Å². The summed E-state index contributed by atoms with van der Waals surface area (Å²) in [6.07, 6.45) is 2.39. The number of carbonyl (C=O) groups is 1. The van der Waals surface area contributed by atoms with Gasteiger partial charge in [-0.2, -0.15) is 0 Å². The normalized spacial score (nSPS) is 24.8. The van der Waals surface area contributed by atoms with Gasteiger partial charge >= 0.3 is 0 Å². The number of halogens is 1. The number of thiophene rings is 1. The Balaban J connectivity index is 0.00000205. The fourth-order valence-electron chi connectivity index (χ4n) is 5.11. The van der Waals surface area contributed by atoms with Crippen LogP contribution in [0.2, 0.25) is 0 Å². The van der Waals surface area contributed by atoms with Crippen molar-refractivity contribution in [2.24, 2.45) is 5.92 Å². The zero-order valence-corrected chi connectivity index (χ0v) is 18.5. The van der Waals surface area contributed by atoms with E-state index < -0.39 is 0 Å². The van der Waals surface area contributed by atoms with Crippen LogP contribution in [0.25, 0.3) is 21.2 Å². The quantitative estimate of drug-likeness (QED) is 0.591. The summed E-state index contributed by atoms with van der Waals surface area (Å²) in [6.45, 7) is 6.88. The number of rotatable bonds is 3. The van der Waals surface area contributed by atoms with Crippen LogP contribution in [0.1, 0.15) is 36.4 Å². The summed E-state index contributed by atoms with van der Waals surface area (Å²) in [7, 11) is 0. The molecule has 1 aromatic heterocycles. The Hall–Kier alpha value is -1.88. The number of nitrogens with zero attached hydrogens (tertiary/aromatic N) is 1. The van der Waals surface area contributed by atoms with Gasteiger partial charge in [0.25, 0.3) is 5.91 Å². The average molecular weight is 427 g/mol. The smallest absolute Gasteiger partial charge is 0.261 e. The van der Waals surface area contributed by atoms with E-state index in [2.05, 4.69) is 72.6 Å². The molecule has 152 valence electrons. The molecule has 3 fully saturated rings. The van der Waals surface area contributed by atoms with Crippen molar-refractivity contribution >= 4 is 39.7 Å². The molecule has 29 heavy (non-hydrogen) atoms. The summed E-state index contributed by atoms with van der Waals surface area (Å²) >= 11 is 1.61. The molecule has 0 saturated carbocycles. The van der Waals surface area contributed by atoms with Crippen molar-refractivity contribution in [2.75, 3.05) is 13.1 Å². The molecule has 0 radical (unpaired) electrons. The second kappa shape index (κ2) is 7.75. The van der Waals surface area contributed by atoms with Crippen molar-refractivity contribution in [1.29, 1.82) is 0 Å². The first-order valence-electron chi connectivity index (χ1n) is 10.2. The monoisotopic (exact) mass is 426 g/mol. The number of piperidine rings is 3. The Bertz CT molecular complexity index is 1020. The van der Waals surface area contributed by atoms with Gasteiger partial charge in [0.2, 0.25) is 0 Å². The molecule has 3 nitrogen and oxygen atoms in total. The van der Waals surface area contributed by atoms with Gasteiger partial charge < -0.3 is 5.32 Å². The SMILES string of the molecule is CC1(C)[C@H](NC(=O)c2cc3cccc(-c4ccccc4)c3s2)C2CCN1CC2.Cl. The van der Waals surface area contributed by atoms with Crippen LogP contribution in [0, 0.1) is 5.92 Å². The van der Waals surface area contributed by atoms with E-state index >= 15 is 0 Å². The van der Waals surface area contributed by atoms with Gasteiger partial charge in [-0.15, -0.1) is 23.7 Å². The largest absolute Gasteiger partial charge is 0.346 e. The molecule has 0 aliphatic carbocycles. The minimum absolute atomic E-state index is 0. The lowest BCUT2D eigenvalue weighted by atomic mass is 9.72. The van der Waals surface area contributed by atoms with Gasteiger partial charge in [0.1, 0.15) is 0 Å². The van der Waals surface area contributed by atoms with E-state index in [0.717, 1.165) is 23.4 Å². The Labute approximate surface area is 182 Å². The third-order valence-corrected chi connectivity index (χ3v) is 7.91. The standard InChI is InChI=1S/C24H26N2OS.ClH/c1-24(2)22(17-11-13-26(24)14-12-17)25-23(27)20-15-18-9-6-10-19(21(18)28-20)16-7-4-3-5-8-16;/h3-10,15,17,22H,11-14H2,1-2H3,(H,25,27);1H/t22-;/m1./s1. The van der Waals surface area contributed by atoms with Crippen molar-refractivity contribution in [3.05, 3.63) is 59.5 Å². The molecule has 3 aliphatic rings. The van der Waals surface area contributed by atoms with E-state index in [4.69, 9.17) is 0 Å². The van der Waals surface area contributed by atoms with Crippen LogP contribution in [0.5, 0.6) is 0 Å². The number of nitrogens with one attached hydrogen (secondary N) is 1. The fourth-order valence-corrected chi connectivity index (χ4v) is 6.21. The predicted octanol–water partition coefficient (Wildman–Crippen LogP) is 5.59. The van der Waals surface area contributed by atoms with E-state index in [9.17, 15) is 4.79 Å². The summed E-state index contributed by atoms with van der Waals surface area (Å²) in [5, 5.41) is 4.55. The second-order valence-corrected chi connectivity index (χ2v) is 9.68. The number of hydrogen-bond acceptors (Lipinski definition) is 3. The maximum absolute atomic E-state index is 13.2. The molecule has 3 saturated heterocycles. The van der Waals surface area contributed by atoms with E-state index in [1.54, 1.807) is 11.3 Å². The first kappa shape index (κ1) is 20.4. The molecule has 0 spiro atoms. The fraction of sp³-hybridized carbons (Fsp3) is 0.375. The molecule has 0 unspecified atom stereocenters. The molecule has 4 heterocycles. The molecule has 1 amide bonds. The van der Waals surface area contributed by atoms with E-state index in [1.165, 1.54) is 28.7 Å². The van der Waals surface area contributed by atoms with Gasteiger partial charge in [-0.1, -0.05) is 48.5 Å². The highest BCUT2D eigenvalue weighted by atomic mass is 35.5. The highest BCUT2D eigenvalue weighted by Crippen LogP contribution is 2.40. The molecular weight excluding hydrogens is 400 g/mol. The van der Waals surface area contributed by atoms with Crippen LogP contribution in [-0.4, -0.2) is 35.5 Å². The summed E-state index contributed by atoms with van der Waals surface area (Å²) < 4.78 is 1.19. The van der Waals surface area contributed by atoms with Crippen LogP contribution in [0.15, 0.2) is 54.6 Å². The van der Waals surface area contributed by atoms with E-state index in [1.807, 2.05) is 6.07 Å². The van der Waals surface area contributed by atoms with Gasteiger partial charge in [-0.3, -0.25) is 9.69 Å². The minimum atomic E-state index is 0. The lowest BCUT2D eigenvalue weighted by Crippen LogP contribution is -2.69. The third kappa shape index (κ3) is 3.48. The van der Waals surface area contributed by atoms with Crippen LogP contribution in [0.4, 0.5) is 0 Å². The number of benzene rings is 2. The minimum Gasteiger partial charge on any atom is -0.346 e. The first-order chi connectivity index (χ1) is 13.5. The van der Waals surface area contributed by atoms with Gasteiger partial charge in [0, 0.05) is 16.3 Å². The third-order valence-electron chi connectivity index (χ3n) is 6.73. The van der Waals surface area contributed by atoms with Crippen molar-refractivity contribution in [2.45, 2.75) is 38.3 Å². The Morgan fingerprint density at radius 1 is 1.07 bits per heavy atom. The molecule has 3 aromatic rings. The zero-order chi connectivity index (χ0) is 19.3. The van der Waals surface area contributed by atoms with Crippen molar-refractivity contribution in [3.8, 4) is 11.1 Å². The van der Waals surface area contributed by atoms with Gasteiger partial charge in [-0.05, 0) is 68.3 Å². The molecule has 2 bridgehead atoms. The van der Waals surface area contributed by atoms with Crippen molar-refractivity contribution in [3.63, 3.8) is 0 Å². The van der Waals surface area contributed by atoms with Crippen LogP contribution >= 0.6 is 23.7 Å². The first-order valence-corrected chi connectivity index (χ1v) is 11.0. The molecule has 6 rings (SSSR count). The van der Waals surface area contributed by atoms with Crippen molar-refractivity contribution < 1.29 is 4.79 Å². The Morgan fingerprint density at radius 3 is 2.48 bits per heavy atom. The van der Waals surface area contributed by atoms with Gasteiger partial charge in [0.15, 0.2) is 0 Å². The highest BCUT2D eigenvalue weighted by molar-refractivity contribution is 7.21. The summed E-state index contributed by atoms with van der Waals surface area (Å²) in [5.41, 5.74) is 2.42. The van der Waals surface area contributed by atoms with E-state index in [0.29, 0.717) is 5.92 Å². The van der Waals surface area contributed by atoms with Crippen LogP contribution in [-0.2, 0) is 0 Å². The molecule has 1 atom stereocenters. The predicted molar refractivity (Wildman–Crippen MR) is 124 cm³/mol. The number of carbonyl (C=O) groups excluding carboxylic acids is 1. The maximum Gasteiger partial charge on any atom is 0.261 e. The molecule has 1 N–H and O–H groups in total. The summed E-state index contributed by atoms with van der Waals surface area (Å²) in [4.78, 5) is 16.5. The van der Waals surface area contributed by atoms with Crippen LogP contribution < -0.4 is 5.32 Å². The molecule has 3 aliphatic heterocycles. The highest BCUT2D eigenvalue weighted by Gasteiger charge is 2.48. The second-order valence-electron chi connectivity index (χ2n) is 8.63. The number of amides is 1. The summed E-state index contributed by atoms with van der Waals surface area (Å²) in [6, 6.07) is 19.0. The average Bonchev–Trinajstić information content (AvgIpc) is 3.16. The Kier molecular flexibility index (Phi) is 5.45. The maximum atomic E-state index is 13.2. The van der Waals surface area contributed by atoms with Gasteiger partial charge in [-0.25, -0.2) is 0 Å². The lowest BCUT2D eigenvalue weighted by Gasteiger charge is -2.56. The van der Waals surface area contributed by atoms with E-state index in [-0.39, 0.29) is 29.9 Å². The summed E-state index contributed by atoms with van der Waals surface area (Å²) in [5.74, 6) is 0.672. The van der Waals surface area contributed by atoms with Crippen LogP contribution in [0.3, 0.4) is 0 Å². The number of hydrogen-bond donors (Lipinski definition) is 1. The molecular formula is C24H27ClN2OS. The van der Waals surface area contributed by atoms with Crippen molar-refractivity contribution in [1.82, 2.24) is 10.2 Å². The Morgan fingerprint density at radius 2 is 1.79 bits per heavy atom. The molecule has 5 heteroatoms. The topological polar surface area (TPSA) is 32.3 Å². The lowest BCUT2D eigenvalue weighted by molar-refractivity contribution is -0.0377. The zero-order valence-electron chi connectivity index (χ0n) is 16.9. The molecule has 2 aromatic carbocycles. The number of fused-ring (bicyclic) bond motifs is 4.